The van der Waals surface area contributed by atoms with Crippen molar-refractivity contribution in [1.29, 1.82) is 0 Å². The Balaban J connectivity index is 2.13. The first-order valence-corrected chi connectivity index (χ1v) is 6.26. The normalized spacial score (nSPS) is 12.7. The summed E-state index contributed by atoms with van der Waals surface area (Å²) in [6, 6.07) is 10.6. The minimum absolute atomic E-state index is 0.0971. The van der Waals surface area contributed by atoms with E-state index in [9.17, 15) is 0 Å². The molecule has 0 fully saturated rings. The van der Waals surface area contributed by atoms with E-state index >= 15 is 0 Å². The van der Waals surface area contributed by atoms with Crippen LogP contribution in [0.15, 0.2) is 42.7 Å². The summed E-state index contributed by atoms with van der Waals surface area (Å²) in [5.41, 5.74) is 8.03. The molecule has 2 aromatic rings. The SMILES string of the molecule is CC(C)n1cc(C(CN)Nc2ccccc2)cn1. The lowest BCUT2D eigenvalue weighted by atomic mass is 10.1. The minimum atomic E-state index is 0.0971. The number of nitrogens with one attached hydrogen (secondary N) is 1. The van der Waals surface area contributed by atoms with Gasteiger partial charge in [-0.3, -0.25) is 4.68 Å². The molecular formula is C14H20N4. The molecule has 0 bridgehead atoms. The number of nitrogens with two attached hydrogens (primary N) is 1. The second-order valence-corrected chi connectivity index (χ2v) is 4.65. The Labute approximate surface area is 108 Å². The van der Waals surface area contributed by atoms with Crippen LogP contribution in [-0.2, 0) is 0 Å². The Morgan fingerprint density at radius 1 is 1.28 bits per heavy atom. The third kappa shape index (κ3) is 2.90. The molecule has 0 spiro atoms. The standard InChI is InChI=1S/C14H20N4/c1-11(2)18-10-12(9-16-18)14(8-15)17-13-6-4-3-5-7-13/h3-7,9-11,14,17H,8,15H2,1-2H3. The molecular weight excluding hydrogens is 224 g/mol. The van der Waals surface area contributed by atoms with Gasteiger partial charge >= 0.3 is 0 Å². The molecule has 1 aromatic carbocycles. The van der Waals surface area contributed by atoms with Crippen LogP contribution in [0.25, 0.3) is 0 Å². The first-order chi connectivity index (χ1) is 8.70. The summed E-state index contributed by atoms with van der Waals surface area (Å²) in [5, 5.41) is 7.77. The lowest BCUT2D eigenvalue weighted by molar-refractivity contribution is 0.531. The fourth-order valence-corrected chi connectivity index (χ4v) is 1.83. The van der Waals surface area contributed by atoms with E-state index in [0.717, 1.165) is 11.3 Å². The number of para-hydroxylation sites is 1. The molecule has 0 aliphatic heterocycles. The summed E-state index contributed by atoms with van der Waals surface area (Å²) in [5.74, 6) is 0. The summed E-state index contributed by atoms with van der Waals surface area (Å²) in [7, 11) is 0. The largest absolute Gasteiger partial charge is 0.377 e. The Kier molecular flexibility index (Phi) is 3.99. The molecule has 1 atom stereocenters. The molecule has 0 aliphatic carbocycles. The number of anilines is 1. The van der Waals surface area contributed by atoms with E-state index in [1.54, 1.807) is 0 Å². The van der Waals surface area contributed by atoms with Crippen LogP contribution in [0.2, 0.25) is 0 Å². The van der Waals surface area contributed by atoms with Gasteiger partial charge in [-0.15, -0.1) is 0 Å². The van der Waals surface area contributed by atoms with Crippen molar-refractivity contribution in [3.05, 3.63) is 48.3 Å². The van der Waals surface area contributed by atoms with Crippen LogP contribution in [0, 0.1) is 0 Å². The summed E-state index contributed by atoms with van der Waals surface area (Å²) < 4.78 is 1.95. The quantitative estimate of drug-likeness (QED) is 0.850. The van der Waals surface area contributed by atoms with Crippen molar-refractivity contribution in [3.63, 3.8) is 0 Å². The molecule has 1 unspecified atom stereocenters. The Morgan fingerprint density at radius 2 is 2.00 bits per heavy atom. The van der Waals surface area contributed by atoms with Crippen LogP contribution in [0.5, 0.6) is 0 Å². The molecule has 2 rings (SSSR count). The van der Waals surface area contributed by atoms with E-state index in [4.69, 9.17) is 5.73 Å². The van der Waals surface area contributed by atoms with Crippen molar-refractivity contribution in [2.24, 2.45) is 5.73 Å². The molecule has 4 heteroatoms. The number of rotatable bonds is 5. The second kappa shape index (κ2) is 5.69. The maximum atomic E-state index is 5.84. The van der Waals surface area contributed by atoms with Crippen LogP contribution < -0.4 is 11.1 Å². The third-order valence-electron chi connectivity index (χ3n) is 2.90. The van der Waals surface area contributed by atoms with Crippen molar-refractivity contribution in [3.8, 4) is 0 Å². The van der Waals surface area contributed by atoms with Crippen molar-refractivity contribution >= 4 is 5.69 Å². The molecule has 1 aromatic heterocycles. The molecule has 0 saturated carbocycles. The first kappa shape index (κ1) is 12.6. The highest BCUT2D eigenvalue weighted by Gasteiger charge is 2.12. The van der Waals surface area contributed by atoms with Gasteiger partial charge < -0.3 is 11.1 Å². The van der Waals surface area contributed by atoms with Gasteiger partial charge in [-0.2, -0.15) is 5.10 Å². The summed E-state index contributed by atoms with van der Waals surface area (Å²) >= 11 is 0. The Hall–Kier alpha value is -1.81. The van der Waals surface area contributed by atoms with Crippen molar-refractivity contribution in [1.82, 2.24) is 9.78 Å². The van der Waals surface area contributed by atoms with Gasteiger partial charge in [0.05, 0.1) is 12.2 Å². The molecule has 0 aliphatic rings. The molecule has 4 nitrogen and oxygen atoms in total. The summed E-state index contributed by atoms with van der Waals surface area (Å²) in [6.45, 7) is 4.76. The highest BCUT2D eigenvalue weighted by atomic mass is 15.3. The van der Waals surface area contributed by atoms with Crippen molar-refractivity contribution in [2.45, 2.75) is 25.9 Å². The van der Waals surface area contributed by atoms with Crippen molar-refractivity contribution in [2.75, 3.05) is 11.9 Å². The highest BCUT2D eigenvalue weighted by Crippen LogP contribution is 2.19. The molecule has 3 N–H and O–H groups in total. The first-order valence-electron chi connectivity index (χ1n) is 6.26. The predicted octanol–water partition coefficient (Wildman–Crippen LogP) is 2.58. The monoisotopic (exact) mass is 244 g/mol. The van der Waals surface area contributed by atoms with E-state index in [1.807, 2.05) is 41.2 Å². The number of hydrogen-bond acceptors (Lipinski definition) is 3. The topological polar surface area (TPSA) is 55.9 Å². The third-order valence-corrected chi connectivity index (χ3v) is 2.90. The van der Waals surface area contributed by atoms with E-state index in [2.05, 4.69) is 30.5 Å². The average Bonchev–Trinajstić information content (AvgIpc) is 2.87. The van der Waals surface area contributed by atoms with E-state index in [1.165, 1.54) is 0 Å². The van der Waals surface area contributed by atoms with Gasteiger partial charge in [-0.25, -0.2) is 0 Å². The van der Waals surface area contributed by atoms with Gasteiger partial charge in [-0.1, -0.05) is 18.2 Å². The molecule has 96 valence electrons. The zero-order valence-corrected chi connectivity index (χ0v) is 10.9. The van der Waals surface area contributed by atoms with E-state index < -0.39 is 0 Å². The number of hydrogen-bond donors (Lipinski definition) is 2. The minimum Gasteiger partial charge on any atom is -0.377 e. The van der Waals surface area contributed by atoms with E-state index in [-0.39, 0.29) is 6.04 Å². The Bertz CT molecular complexity index is 476. The van der Waals surface area contributed by atoms with E-state index in [0.29, 0.717) is 12.6 Å². The van der Waals surface area contributed by atoms with Crippen LogP contribution in [0.4, 0.5) is 5.69 Å². The fraction of sp³-hybridized carbons (Fsp3) is 0.357. The molecule has 0 amide bonds. The highest BCUT2D eigenvalue weighted by molar-refractivity contribution is 5.44. The Morgan fingerprint density at radius 3 is 2.56 bits per heavy atom. The zero-order chi connectivity index (χ0) is 13.0. The van der Waals surface area contributed by atoms with Crippen LogP contribution in [-0.4, -0.2) is 16.3 Å². The molecule has 0 saturated heterocycles. The zero-order valence-electron chi connectivity index (χ0n) is 10.9. The number of aromatic nitrogens is 2. The van der Waals surface area contributed by atoms with Crippen LogP contribution in [0.1, 0.15) is 31.5 Å². The van der Waals surface area contributed by atoms with Gasteiger partial charge in [0.1, 0.15) is 0 Å². The lowest BCUT2D eigenvalue weighted by Gasteiger charge is -2.16. The maximum Gasteiger partial charge on any atom is 0.0667 e. The molecule has 0 radical (unpaired) electrons. The second-order valence-electron chi connectivity index (χ2n) is 4.65. The average molecular weight is 244 g/mol. The fourth-order valence-electron chi connectivity index (χ4n) is 1.83. The summed E-state index contributed by atoms with van der Waals surface area (Å²) in [4.78, 5) is 0. The van der Waals surface area contributed by atoms with Gasteiger partial charge in [0.25, 0.3) is 0 Å². The smallest absolute Gasteiger partial charge is 0.0667 e. The summed E-state index contributed by atoms with van der Waals surface area (Å²) in [6.07, 6.45) is 3.94. The maximum absolute atomic E-state index is 5.84. The molecule has 18 heavy (non-hydrogen) atoms. The number of benzene rings is 1. The lowest BCUT2D eigenvalue weighted by Crippen LogP contribution is -2.20. The predicted molar refractivity (Wildman–Crippen MR) is 74.5 cm³/mol. The van der Waals surface area contributed by atoms with Gasteiger partial charge in [0.15, 0.2) is 0 Å². The van der Waals surface area contributed by atoms with Gasteiger partial charge in [0.2, 0.25) is 0 Å². The van der Waals surface area contributed by atoms with Gasteiger partial charge in [-0.05, 0) is 26.0 Å². The molecule has 1 heterocycles. The number of nitrogens with zero attached hydrogens (tertiary/aromatic N) is 2. The van der Waals surface area contributed by atoms with Crippen LogP contribution >= 0.6 is 0 Å². The van der Waals surface area contributed by atoms with Crippen molar-refractivity contribution < 1.29 is 0 Å². The van der Waals surface area contributed by atoms with Crippen LogP contribution in [0.3, 0.4) is 0 Å². The van der Waals surface area contributed by atoms with Gasteiger partial charge in [0, 0.05) is 30.0 Å².